The third-order valence-electron chi connectivity index (χ3n) is 4.13. The summed E-state index contributed by atoms with van der Waals surface area (Å²) in [7, 11) is 0. The van der Waals surface area contributed by atoms with E-state index >= 15 is 0 Å². The molecule has 4 nitrogen and oxygen atoms in total. The van der Waals surface area contributed by atoms with Gasteiger partial charge in [0.1, 0.15) is 5.75 Å². The first-order valence-electron chi connectivity index (χ1n) is 8.63. The molecule has 4 heteroatoms. The SMILES string of the molecule is CC[C@H](C)Oc1ccc(Cc2ccc(NC3=NCCN3)cc2)cc1. The van der Waals surface area contributed by atoms with Crippen LogP contribution in [0.1, 0.15) is 31.4 Å². The van der Waals surface area contributed by atoms with Gasteiger partial charge in [0.25, 0.3) is 0 Å². The van der Waals surface area contributed by atoms with Crippen LogP contribution in [-0.2, 0) is 6.42 Å². The average Bonchev–Trinajstić information content (AvgIpc) is 3.11. The number of hydrogen-bond acceptors (Lipinski definition) is 4. The van der Waals surface area contributed by atoms with Crippen LogP contribution in [0.3, 0.4) is 0 Å². The van der Waals surface area contributed by atoms with E-state index in [2.05, 4.69) is 78.0 Å². The Morgan fingerprint density at radius 1 is 1.08 bits per heavy atom. The maximum Gasteiger partial charge on any atom is 0.195 e. The van der Waals surface area contributed by atoms with Crippen LogP contribution in [-0.4, -0.2) is 25.2 Å². The number of hydrogen-bond donors (Lipinski definition) is 2. The van der Waals surface area contributed by atoms with Crippen molar-refractivity contribution in [2.24, 2.45) is 4.99 Å². The van der Waals surface area contributed by atoms with Gasteiger partial charge in [0, 0.05) is 12.2 Å². The summed E-state index contributed by atoms with van der Waals surface area (Å²) in [4.78, 5) is 4.34. The summed E-state index contributed by atoms with van der Waals surface area (Å²) in [5, 5.41) is 6.49. The molecule has 0 bridgehead atoms. The molecule has 0 saturated heterocycles. The highest BCUT2D eigenvalue weighted by molar-refractivity contribution is 5.94. The van der Waals surface area contributed by atoms with Crippen LogP contribution in [0, 0.1) is 0 Å². The lowest BCUT2D eigenvalue weighted by Gasteiger charge is -2.13. The second-order valence-electron chi connectivity index (χ2n) is 6.14. The van der Waals surface area contributed by atoms with Gasteiger partial charge in [-0.05, 0) is 55.2 Å². The normalized spacial score (nSPS) is 14.7. The number of aliphatic imine (C=N–C) groups is 1. The molecule has 2 aromatic carbocycles. The molecule has 3 rings (SSSR count). The zero-order valence-electron chi connectivity index (χ0n) is 14.4. The minimum absolute atomic E-state index is 0.259. The summed E-state index contributed by atoms with van der Waals surface area (Å²) in [6.07, 6.45) is 2.20. The monoisotopic (exact) mass is 323 g/mol. The van der Waals surface area contributed by atoms with Gasteiger partial charge in [-0.2, -0.15) is 0 Å². The topological polar surface area (TPSA) is 45.6 Å². The zero-order valence-corrected chi connectivity index (χ0v) is 14.4. The molecule has 2 N–H and O–H groups in total. The molecule has 1 aliphatic heterocycles. The molecule has 1 aliphatic rings. The van der Waals surface area contributed by atoms with E-state index in [0.29, 0.717) is 0 Å². The molecular formula is C20H25N3O. The Labute approximate surface area is 144 Å². The standard InChI is InChI=1S/C20H25N3O/c1-3-15(2)24-19-10-6-17(7-11-19)14-16-4-8-18(9-5-16)23-20-21-12-13-22-20/h4-11,15H,3,12-14H2,1-2H3,(H2,21,22,23)/t15-/m0/s1. The number of guanidine groups is 1. The first-order chi connectivity index (χ1) is 11.7. The van der Waals surface area contributed by atoms with Crippen LogP contribution in [0.4, 0.5) is 5.69 Å². The third kappa shape index (κ3) is 4.51. The minimum Gasteiger partial charge on any atom is -0.491 e. The second kappa shape index (κ2) is 7.86. The van der Waals surface area contributed by atoms with Gasteiger partial charge in [-0.1, -0.05) is 31.2 Å². The fourth-order valence-corrected chi connectivity index (χ4v) is 2.56. The Balaban J connectivity index is 1.57. The van der Waals surface area contributed by atoms with Gasteiger partial charge in [-0.3, -0.25) is 4.99 Å². The van der Waals surface area contributed by atoms with Crippen molar-refractivity contribution >= 4 is 11.6 Å². The highest BCUT2D eigenvalue weighted by Gasteiger charge is 2.05. The van der Waals surface area contributed by atoms with Gasteiger partial charge < -0.3 is 15.4 Å². The van der Waals surface area contributed by atoms with Crippen molar-refractivity contribution in [3.05, 3.63) is 59.7 Å². The number of benzene rings is 2. The quantitative estimate of drug-likeness (QED) is 0.849. The Morgan fingerprint density at radius 2 is 1.75 bits per heavy atom. The minimum atomic E-state index is 0.259. The van der Waals surface area contributed by atoms with Gasteiger partial charge in [0.15, 0.2) is 5.96 Å². The third-order valence-corrected chi connectivity index (χ3v) is 4.13. The van der Waals surface area contributed by atoms with E-state index in [1.54, 1.807) is 0 Å². The van der Waals surface area contributed by atoms with Crippen LogP contribution in [0.2, 0.25) is 0 Å². The lowest BCUT2D eigenvalue weighted by molar-refractivity contribution is 0.217. The van der Waals surface area contributed by atoms with Gasteiger partial charge in [-0.15, -0.1) is 0 Å². The van der Waals surface area contributed by atoms with Crippen molar-refractivity contribution in [3.63, 3.8) is 0 Å². The summed E-state index contributed by atoms with van der Waals surface area (Å²) in [6, 6.07) is 16.9. The van der Waals surface area contributed by atoms with E-state index in [-0.39, 0.29) is 6.10 Å². The molecule has 24 heavy (non-hydrogen) atoms. The first kappa shape index (κ1) is 16.4. The molecule has 0 radical (unpaired) electrons. The van der Waals surface area contributed by atoms with Crippen LogP contribution < -0.4 is 15.4 Å². The summed E-state index contributed by atoms with van der Waals surface area (Å²) < 4.78 is 5.82. The van der Waals surface area contributed by atoms with Crippen molar-refractivity contribution in [1.82, 2.24) is 5.32 Å². The van der Waals surface area contributed by atoms with Crippen molar-refractivity contribution in [1.29, 1.82) is 0 Å². The van der Waals surface area contributed by atoms with Crippen molar-refractivity contribution < 1.29 is 4.74 Å². The molecule has 1 atom stereocenters. The molecule has 0 amide bonds. The molecular weight excluding hydrogens is 298 g/mol. The van der Waals surface area contributed by atoms with E-state index in [4.69, 9.17) is 4.74 Å². The molecule has 2 aromatic rings. The molecule has 0 fully saturated rings. The molecule has 0 unspecified atom stereocenters. The van der Waals surface area contributed by atoms with Crippen LogP contribution in [0.15, 0.2) is 53.5 Å². The fourth-order valence-electron chi connectivity index (χ4n) is 2.56. The number of anilines is 1. The molecule has 0 aliphatic carbocycles. The average molecular weight is 323 g/mol. The highest BCUT2D eigenvalue weighted by atomic mass is 16.5. The summed E-state index contributed by atoms with van der Waals surface area (Å²) >= 11 is 0. The predicted molar refractivity (Wildman–Crippen MR) is 100.0 cm³/mol. The fraction of sp³-hybridized carbons (Fsp3) is 0.350. The van der Waals surface area contributed by atoms with Crippen molar-refractivity contribution in [2.75, 3.05) is 18.4 Å². The van der Waals surface area contributed by atoms with E-state index in [9.17, 15) is 0 Å². The van der Waals surface area contributed by atoms with E-state index < -0.39 is 0 Å². The number of rotatable bonds is 6. The zero-order chi connectivity index (χ0) is 16.8. The molecule has 0 spiro atoms. The van der Waals surface area contributed by atoms with Crippen LogP contribution in [0.25, 0.3) is 0 Å². The largest absolute Gasteiger partial charge is 0.491 e. The number of nitrogens with zero attached hydrogens (tertiary/aromatic N) is 1. The van der Waals surface area contributed by atoms with Crippen molar-refractivity contribution in [3.8, 4) is 5.75 Å². The molecule has 126 valence electrons. The Bertz CT molecular complexity index is 677. The van der Waals surface area contributed by atoms with Gasteiger partial charge in [0.05, 0.1) is 12.6 Å². The summed E-state index contributed by atoms with van der Waals surface area (Å²) in [5.74, 6) is 1.80. The van der Waals surface area contributed by atoms with E-state index in [1.807, 2.05) is 0 Å². The van der Waals surface area contributed by atoms with E-state index in [1.165, 1.54) is 11.1 Å². The summed E-state index contributed by atoms with van der Waals surface area (Å²) in [6.45, 7) is 5.98. The highest BCUT2D eigenvalue weighted by Crippen LogP contribution is 2.18. The predicted octanol–water partition coefficient (Wildman–Crippen LogP) is 3.83. The summed E-state index contributed by atoms with van der Waals surface area (Å²) in [5.41, 5.74) is 3.63. The smallest absolute Gasteiger partial charge is 0.195 e. The first-order valence-corrected chi connectivity index (χ1v) is 8.63. The maximum atomic E-state index is 5.82. The van der Waals surface area contributed by atoms with Crippen molar-refractivity contribution in [2.45, 2.75) is 32.8 Å². The Hall–Kier alpha value is -2.49. The van der Waals surface area contributed by atoms with Gasteiger partial charge in [-0.25, -0.2) is 0 Å². The lowest BCUT2D eigenvalue weighted by Crippen LogP contribution is -2.26. The van der Waals surface area contributed by atoms with E-state index in [0.717, 1.165) is 43.3 Å². The van der Waals surface area contributed by atoms with Gasteiger partial charge >= 0.3 is 0 Å². The number of ether oxygens (including phenoxy) is 1. The molecule has 0 aromatic heterocycles. The molecule has 1 heterocycles. The van der Waals surface area contributed by atoms with Gasteiger partial charge in [0.2, 0.25) is 0 Å². The lowest BCUT2D eigenvalue weighted by atomic mass is 10.0. The number of nitrogens with one attached hydrogen (secondary N) is 2. The van der Waals surface area contributed by atoms with Crippen LogP contribution in [0.5, 0.6) is 5.75 Å². The Kier molecular flexibility index (Phi) is 5.36. The second-order valence-corrected chi connectivity index (χ2v) is 6.14. The Morgan fingerprint density at radius 3 is 2.33 bits per heavy atom. The molecule has 0 saturated carbocycles. The van der Waals surface area contributed by atoms with Crippen LogP contribution >= 0.6 is 0 Å². The maximum absolute atomic E-state index is 5.82.